The van der Waals surface area contributed by atoms with Gasteiger partial charge in [0.15, 0.2) is 0 Å². The molecule has 0 radical (unpaired) electrons. The van der Waals surface area contributed by atoms with Gasteiger partial charge in [-0.3, -0.25) is 10.1 Å². The summed E-state index contributed by atoms with van der Waals surface area (Å²) < 4.78 is 4.90. The first-order chi connectivity index (χ1) is 9.33. The molecule has 0 amide bonds. The molecule has 0 spiro atoms. The van der Waals surface area contributed by atoms with Crippen molar-refractivity contribution in [1.29, 1.82) is 0 Å². The SMILES string of the molecule is COC(=O)C(CC(C)C)NC(C)c1cc(C)cc(C)c1. The molecule has 3 nitrogen and oxygen atoms in total. The van der Waals surface area contributed by atoms with E-state index in [1.54, 1.807) is 0 Å². The highest BCUT2D eigenvalue weighted by atomic mass is 16.5. The van der Waals surface area contributed by atoms with E-state index in [1.807, 2.05) is 0 Å². The molecule has 20 heavy (non-hydrogen) atoms. The zero-order valence-corrected chi connectivity index (χ0v) is 13.5. The van der Waals surface area contributed by atoms with Crippen LogP contribution in [0.25, 0.3) is 0 Å². The van der Waals surface area contributed by atoms with Gasteiger partial charge in [-0.15, -0.1) is 0 Å². The van der Waals surface area contributed by atoms with Crippen LogP contribution in [0.15, 0.2) is 18.2 Å². The predicted octanol–water partition coefficient (Wildman–Crippen LogP) is 3.54. The molecular formula is C17H27NO2. The van der Waals surface area contributed by atoms with Crippen molar-refractivity contribution in [3.8, 4) is 0 Å². The summed E-state index contributed by atoms with van der Waals surface area (Å²) in [5, 5.41) is 3.40. The summed E-state index contributed by atoms with van der Waals surface area (Å²) in [5.74, 6) is 0.257. The molecule has 1 aromatic carbocycles. The Bertz CT molecular complexity index is 434. The molecule has 3 heteroatoms. The number of rotatable bonds is 6. The third-order valence-electron chi connectivity index (χ3n) is 3.39. The third-order valence-corrected chi connectivity index (χ3v) is 3.39. The summed E-state index contributed by atoms with van der Waals surface area (Å²) in [6.07, 6.45) is 0.780. The van der Waals surface area contributed by atoms with Crippen molar-refractivity contribution >= 4 is 5.97 Å². The van der Waals surface area contributed by atoms with Gasteiger partial charge in [0.2, 0.25) is 0 Å². The van der Waals surface area contributed by atoms with Gasteiger partial charge < -0.3 is 4.74 Å². The van der Waals surface area contributed by atoms with E-state index in [1.165, 1.54) is 23.8 Å². The van der Waals surface area contributed by atoms with Crippen LogP contribution in [0.1, 0.15) is 49.9 Å². The summed E-state index contributed by atoms with van der Waals surface area (Å²) in [6, 6.07) is 6.34. The van der Waals surface area contributed by atoms with E-state index >= 15 is 0 Å². The zero-order chi connectivity index (χ0) is 15.3. The lowest BCUT2D eigenvalue weighted by molar-refractivity contribution is -0.143. The molecular weight excluding hydrogens is 250 g/mol. The van der Waals surface area contributed by atoms with Crippen LogP contribution in [0.5, 0.6) is 0 Å². The molecule has 0 saturated heterocycles. The van der Waals surface area contributed by atoms with Crippen molar-refractivity contribution < 1.29 is 9.53 Å². The quantitative estimate of drug-likeness (QED) is 0.808. The predicted molar refractivity (Wildman–Crippen MR) is 82.7 cm³/mol. The Kier molecular flexibility index (Phi) is 6.21. The Morgan fingerprint density at radius 1 is 1.15 bits per heavy atom. The number of hydrogen-bond acceptors (Lipinski definition) is 3. The van der Waals surface area contributed by atoms with E-state index in [4.69, 9.17) is 4.74 Å². The molecule has 1 aromatic rings. The summed E-state index contributed by atoms with van der Waals surface area (Å²) >= 11 is 0. The van der Waals surface area contributed by atoms with Gasteiger partial charge >= 0.3 is 5.97 Å². The number of aryl methyl sites for hydroxylation is 2. The number of methoxy groups -OCH3 is 1. The number of carbonyl (C=O) groups excluding carboxylic acids is 1. The van der Waals surface area contributed by atoms with Crippen LogP contribution in [-0.4, -0.2) is 19.1 Å². The minimum absolute atomic E-state index is 0.122. The van der Waals surface area contributed by atoms with Crippen LogP contribution >= 0.6 is 0 Å². The molecule has 0 aromatic heterocycles. The largest absolute Gasteiger partial charge is 0.468 e. The Labute approximate surface area is 122 Å². The first kappa shape index (κ1) is 16.7. The zero-order valence-electron chi connectivity index (χ0n) is 13.5. The van der Waals surface area contributed by atoms with Gasteiger partial charge in [-0.1, -0.05) is 43.2 Å². The Morgan fingerprint density at radius 2 is 1.70 bits per heavy atom. The lowest BCUT2D eigenvalue weighted by Gasteiger charge is -2.23. The molecule has 0 aliphatic heterocycles. The van der Waals surface area contributed by atoms with Gasteiger partial charge in [-0.05, 0) is 38.7 Å². The molecule has 0 aliphatic rings. The molecule has 2 unspecified atom stereocenters. The summed E-state index contributed by atoms with van der Waals surface area (Å²) in [5.41, 5.74) is 3.69. The van der Waals surface area contributed by atoms with E-state index in [-0.39, 0.29) is 18.1 Å². The standard InChI is InChI=1S/C17H27NO2/c1-11(2)7-16(17(19)20-6)18-14(5)15-9-12(3)8-13(4)10-15/h8-11,14,16,18H,7H2,1-6H3. The van der Waals surface area contributed by atoms with E-state index in [9.17, 15) is 4.79 Å². The second kappa shape index (κ2) is 7.44. The second-order valence-electron chi connectivity index (χ2n) is 6.01. The molecule has 0 fully saturated rings. The minimum atomic E-state index is -0.254. The van der Waals surface area contributed by atoms with Crippen molar-refractivity contribution in [2.24, 2.45) is 5.92 Å². The fourth-order valence-electron chi connectivity index (χ4n) is 2.50. The number of hydrogen-bond donors (Lipinski definition) is 1. The Morgan fingerprint density at radius 3 is 2.15 bits per heavy atom. The molecule has 0 bridgehead atoms. The smallest absolute Gasteiger partial charge is 0.322 e. The topological polar surface area (TPSA) is 38.3 Å². The van der Waals surface area contributed by atoms with Crippen LogP contribution < -0.4 is 5.32 Å². The number of ether oxygens (including phenoxy) is 1. The van der Waals surface area contributed by atoms with E-state index in [0.717, 1.165) is 6.42 Å². The van der Waals surface area contributed by atoms with Gasteiger partial charge in [0.05, 0.1) is 7.11 Å². The molecule has 112 valence electrons. The van der Waals surface area contributed by atoms with E-state index in [2.05, 4.69) is 58.1 Å². The molecule has 0 heterocycles. The van der Waals surface area contributed by atoms with Crippen LogP contribution in [0.4, 0.5) is 0 Å². The molecule has 1 N–H and O–H groups in total. The number of esters is 1. The summed E-state index contributed by atoms with van der Waals surface area (Å²) in [7, 11) is 1.44. The highest BCUT2D eigenvalue weighted by Crippen LogP contribution is 2.19. The lowest BCUT2D eigenvalue weighted by atomic mass is 9.99. The van der Waals surface area contributed by atoms with Gasteiger partial charge in [0.25, 0.3) is 0 Å². The average molecular weight is 277 g/mol. The maximum atomic E-state index is 11.9. The van der Waals surface area contributed by atoms with Crippen molar-refractivity contribution in [3.05, 3.63) is 34.9 Å². The number of nitrogens with one attached hydrogen (secondary N) is 1. The van der Waals surface area contributed by atoms with Crippen molar-refractivity contribution in [3.63, 3.8) is 0 Å². The number of benzene rings is 1. The Hall–Kier alpha value is -1.35. The van der Waals surface area contributed by atoms with Crippen molar-refractivity contribution in [2.45, 2.75) is 53.1 Å². The highest BCUT2D eigenvalue weighted by Gasteiger charge is 2.22. The first-order valence-corrected chi connectivity index (χ1v) is 7.25. The first-order valence-electron chi connectivity index (χ1n) is 7.25. The van der Waals surface area contributed by atoms with Crippen LogP contribution in [-0.2, 0) is 9.53 Å². The van der Waals surface area contributed by atoms with Crippen molar-refractivity contribution in [1.82, 2.24) is 5.32 Å². The molecule has 1 rings (SSSR count). The summed E-state index contributed by atoms with van der Waals surface area (Å²) in [6.45, 7) is 10.5. The Balaban J connectivity index is 2.83. The molecule has 0 aliphatic carbocycles. The summed E-state index contributed by atoms with van der Waals surface area (Å²) in [4.78, 5) is 11.9. The maximum absolute atomic E-state index is 11.9. The van der Waals surface area contributed by atoms with Crippen molar-refractivity contribution in [2.75, 3.05) is 7.11 Å². The van der Waals surface area contributed by atoms with Gasteiger partial charge in [-0.2, -0.15) is 0 Å². The maximum Gasteiger partial charge on any atom is 0.322 e. The van der Waals surface area contributed by atoms with Gasteiger partial charge in [-0.25, -0.2) is 0 Å². The third kappa shape index (κ3) is 4.97. The van der Waals surface area contributed by atoms with Crippen LogP contribution in [0.2, 0.25) is 0 Å². The number of carbonyl (C=O) groups is 1. The van der Waals surface area contributed by atoms with E-state index < -0.39 is 0 Å². The average Bonchev–Trinajstić information content (AvgIpc) is 2.35. The van der Waals surface area contributed by atoms with Crippen LogP contribution in [0.3, 0.4) is 0 Å². The van der Waals surface area contributed by atoms with Crippen LogP contribution in [0, 0.1) is 19.8 Å². The van der Waals surface area contributed by atoms with Gasteiger partial charge in [0, 0.05) is 6.04 Å². The normalized spacial score (nSPS) is 14.2. The molecule has 2 atom stereocenters. The second-order valence-corrected chi connectivity index (χ2v) is 6.01. The van der Waals surface area contributed by atoms with Gasteiger partial charge in [0.1, 0.15) is 6.04 Å². The fourth-order valence-corrected chi connectivity index (χ4v) is 2.50. The highest BCUT2D eigenvalue weighted by molar-refractivity contribution is 5.75. The van der Waals surface area contributed by atoms with E-state index in [0.29, 0.717) is 5.92 Å². The lowest BCUT2D eigenvalue weighted by Crippen LogP contribution is -2.40. The molecule has 0 saturated carbocycles. The minimum Gasteiger partial charge on any atom is -0.468 e. The fraction of sp³-hybridized carbons (Fsp3) is 0.588. The monoisotopic (exact) mass is 277 g/mol.